The molecule has 0 aliphatic heterocycles. The Labute approximate surface area is 251 Å². The molecule has 4 aromatic rings. The minimum absolute atomic E-state index is 0.0557. The first-order valence-electron chi connectivity index (χ1n) is 13.1. The molecular formula is C28H30BrN6O6P. The number of nitrogen functional groups attached to an aromatic ring is 1. The van der Waals surface area contributed by atoms with Gasteiger partial charge in [0.05, 0.1) is 33.2 Å². The Hall–Kier alpha value is -3.77. The van der Waals surface area contributed by atoms with Gasteiger partial charge in [0.1, 0.15) is 11.8 Å². The second kappa shape index (κ2) is 13.0. The molecule has 1 unspecified atom stereocenters. The zero-order valence-corrected chi connectivity index (χ0v) is 25.4. The summed E-state index contributed by atoms with van der Waals surface area (Å²) in [5, 5.41) is 2.84. The number of nitrogens with two attached hydrogens (primary N) is 1. The zero-order valence-electron chi connectivity index (χ0n) is 22.9. The molecule has 0 saturated heterocycles. The van der Waals surface area contributed by atoms with Crippen molar-refractivity contribution in [2.45, 2.75) is 24.9 Å². The molecule has 1 aliphatic rings. The molecule has 2 heterocycles. The van der Waals surface area contributed by atoms with E-state index in [1.807, 2.05) is 47.1 Å². The maximum atomic E-state index is 14.2. The van der Waals surface area contributed by atoms with Gasteiger partial charge in [0.2, 0.25) is 11.8 Å². The van der Waals surface area contributed by atoms with Crippen LogP contribution >= 0.6 is 23.7 Å². The van der Waals surface area contributed by atoms with E-state index in [4.69, 9.17) is 24.3 Å². The molecule has 0 fully saturated rings. The van der Waals surface area contributed by atoms with Gasteiger partial charge in [-0.15, -0.1) is 0 Å². The lowest BCUT2D eigenvalue weighted by Crippen LogP contribution is -2.39. The van der Waals surface area contributed by atoms with Crippen LogP contribution in [0.5, 0.6) is 11.6 Å². The molecule has 0 bridgehead atoms. The Morgan fingerprint density at radius 2 is 1.90 bits per heavy atom. The zero-order chi connectivity index (χ0) is 29.7. The Morgan fingerprint density at radius 3 is 2.62 bits per heavy atom. The van der Waals surface area contributed by atoms with Gasteiger partial charge in [0.25, 0.3) is 0 Å². The normalized spacial score (nSPS) is 18.5. The number of ether oxygens (including phenoxy) is 2. The summed E-state index contributed by atoms with van der Waals surface area (Å²) in [6, 6.07) is 15.1. The molecule has 0 spiro atoms. The summed E-state index contributed by atoms with van der Waals surface area (Å²) in [5.41, 5.74) is 7.77. The smallest absolute Gasteiger partial charge is 0.459 e. The lowest BCUT2D eigenvalue weighted by molar-refractivity contribution is -0.142. The third-order valence-corrected chi connectivity index (χ3v) is 8.78. The summed E-state index contributed by atoms with van der Waals surface area (Å²) in [5.74, 6) is -0.0237. The van der Waals surface area contributed by atoms with Gasteiger partial charge in [-0.1, -0.05) is 58.4 Å². The van der Waals surface area contributed by atoms with Crippen LogP contribution in [0.15, 0.2) is 77.5 Å². The molecule has 14 heteroatoms. The van der Waals surface area contributed by atoms with E-state index in [2.05, 4.69) is 36.0 Å². The van der Waals surface area contributed by atoms with Gasteiger partial charge < -0.3 is 24.3 Å². The number of nitrogens with one attached hydrogen (secondary N) is 1. The number of hydrogen-bond acceptors (Lipinski definition) is 10. The molecular weight excluding hydrogens is 627 g/mol. The summed E-state index contributed by atoms with van der Waals surface area (Å²) >= 11 is 3.39. The van der Waals surface area contributed by atoms with E-state index >= 15 is 0 Å². The van der Waals surface area contributed by atoms with E-state index < -0.39 is 19.8 Å². The molecule has 3 N–H and O–H groups in total. The van der Waals surface area contributed by atoms with Crippen LogP contribution in [0.1, 0.15) is 18.0 Å². The average molecular weight is 657 g/mol. The SMILES string of the molecule is COC(=O)[C@H](Cc1ccccc1)NP(=O)(OC[C@@H]1C=C[C@H](n2cnc3c(OC)nc(N)nc32)C1)Oc1ccc(Br)cc1. The predicted molar refractivity (Wildman–Crippen MR) is 160 cm³/mol. The van der Waals surface area contributed by atoms with Gasteiger partial charge >= 0.3 is 13.7 Å². The lowest BCUT2D eigenvalue weighted by atomic mass is 10.1. The molecule has 0 radical (unpaired) electrons. The van der Waals surface area contributed by atoms with Crippen LogP contribution in [-0.2, 0) is 25.0 Å². The van der Waals surface area contributed by atoms with E-state index in [0.29, 0.717) is 29.2 Å². The second-order valence-electron chi connectivity index (χ2n) is 9.60. The summed E-state index contributed by atoms with van der Waals surface area (Å²) in [6.45, 7) is 0.0557. The predicted octanol–water partition coefficient (Wildman–Crippen LogP) is 4.87. The number of benzene rings is 2. The van der Waals surface area contributed by atoms with Crippen LogP contribution < -0.4 is 20.1 Å². The molecule has 220 valence electrons. The minimum Gasteiger partial charge on any atom is -0.479 e. The summed E-state index contributed by atoms with van der Waals surface area (Å²) < 4.78 is 39.1. The Kier molecular flexibility index (Phi) is 9.22. The standard InChI is InChI=1S/C28H30BrN6O6P/c1-38-26-24-25(32-28(30)33-26)35(17-31-24)21-11-8-19(14-21)16-40-42(37,41-22-12-9-20(29)10-13-22)34-23(27(36)39-2)15-18-6-4-3-5-7-18/h3-13,17,19,21,23H,14-16H2,1-2H3,(H,34,37)(H2,30,32,33)/t19-,21+,23+,42?/m1/s1. The van der Waals surface area contributed by atoms with Crippen LogP contribution in [-0.4, -0.2) is 52.4 Å². The molecule has 2 aromatic carbocycles. The van der Waals surface area contributed by atoms with Crippen LogP contribution in [0.4, 0.5) is 5.95 Å². The van der Waals surface area contributed by atoms with E-state index in [1.165, 1.54) is 14.2 Å². The van der Waals surface area contributed by atoms with Crippen LogP contribution in [0.2, 0.25) is 0 Å². The highest BCUT2D eigenvalue weighted by atomic mass is 79.9. The van der Waals surface area contributed by atoms with Crippen molar-refractivity contribution in [1.82, 2.24) is 24.6 Å². The number of anilines is 1. The summed E-state index contributed by atoms with van der Waals surface area (Å²) in [7, 11) is -1.30. The quantitative estimate of drug-likeness (QED) is 0.122. The molecule has 0 amide bonds. The van der Waals surface area contributed by atoms with Gasteiger partial charge in [-0.3, -0.25) is 9.32 Å². The highest BCUT2D eigenvalue weighted by molar-refractivity contribution is 9.10. The van der Waals surface area contributed by atoms with E-state index in [-0.39, 0.29) is 30.9 Å². The third-order valence-electron chi connectivity index (χ3n) is 6.69. The number of fused-ring (bicyclic) bond motifs is 1. The molecule has 42 heavy (non-hydrogen) atoms. The maximum Gasteiger partial charge on any atom is 0.459 e. The second-order valence-corrected chi connectivity index (χ2v) is 12.2. The largest absolute Gasteiger partial charge is 0.479 e. The van der Waals surface area contributed by atoms with Gasteiger partial charge in [-0.25, -0.2) is 9.55 Å². The number of methoxy groups -OCH3 is 2. The van der Waals surface area contributed by atoms with E-state index in [0.717, 1.165) is 10.0 Å². The van der Waals surface area contributed by atoms with Crippen molar-refractivity contribution in [2.24, 2.45) is 5.92 Å². The monoisotopic (exact) mass is 656 g/mol. The van der Waals surface area contributed by atoms with E-state index in [9.17, 15) is 9.36 Å². The van der Waals surface area contributed by atoms with Crippen molar-refractivity contribution in [2.75, 3.05) is 26.6 Å². The number of carbonyl (C=O) groups is 1. The van der Waals surface area contributed by atoms with Crippen molar-refractivity contribution in [3.05, 3.63) is 83.1 Å². The molecule has 12 nitrogen and oxygen atoms in total. The summed E-state index contributed by atoms with van der Waals surface area (Å²) in [4.78, 5) is 25.6. The van der Waals surface area contributed by atoms with Crippen LogP contribution in [0.3, 0.4) is 0 Å². The third kappa shape index (κ3) is 6.99. The topological polar surface area (TPSA) is 153 Å². The van der Waals surface area contributed by atoms with Crippen molar-refractivity contribution in [3.63, 3.8) is 0 Å². The Bertz CT molecular complexity index is 1620. The number of imidazole rings is 1. The number of aromatic nitrogens is 4. The fourth-order valence-corrected chi connectivity index (χ4v) is 6.47. The number of hydrogen-bond donors (Lipinski definition) is 2. The van der Waals surface area contributed by atoms with E-state index in [1.54, 1.807) is 30.6 Å². The minimum atomic E-state index is -4.08. The van der Waals surface area contributed by atoms with Crippen molar-refractivity contribution in [1.29, 1.82) is 0 Å². The van der Waals surface area contributed by atoms with Crippen LogP contribution in [0, 0.1) is 5.92 Å². The maximum absolute atomic E-state index is 14.2. The van der Waals surface area contributed by atoms with Crippen LogP contribution in [0.25, 0.3) is 11.2 Å². The number of rotatable bonds is 12. The number of nitrogens with zero attached hydrogens (tertiary/aromatic N) is 4. The molecule has 4 atom stereocenters. The number of halogens is 1. The highest BCUT2D eigenvalue weighted by Crippen LogP contribution is 2.47. The fraction of sp³-hybridized carbons (Fsp3) is 0.286. The van der Waals surface area contributed by atoms with Crippen molar-refractivity contribution < 1.29 is 27.9 Å². The molecule has 2 aromatic heterocycles. The van der Waals surface area contributed by atoms with Gasteiger partial charge in [-0.05, 0) is 42.7 Å². The highest BCUT2D eigenvalue weighted by Gasteiger charge is 2.36. The first-order valence-corrected chi connectivity index (χ1v) is 15.4. The lowest BCUT2D eigenvalue weighted by Gasteiger charge is -2.25. The van der Waals surface area contributed by atoms with Gasteiger partial charge in [0.15, 0.2) is 11.2 Å². The number of allylic oxidation sites excluding steroid dienone is 1. The number of esters is 1. The van der Waals surface area contributed by atoms with Crippen molar-refractivity contribution >= 4 is 46.8 Å². The Morgan fingerprint density at radius 1 is 1.14 bits per heavy atom. The Balaban J connectivity index is 1.33. The first-order chi connectivity index (χ1) is 20.3. The van der Waals surface area contributed by atoms with Gasteiger partial charge in [-0.2, -0.15) is 15.1 Å². The van der Waals surface area contributed by atoms with Gasteiger partial charge in [0, 0.05) is 10.4 Å². The molecule has 5 rings (SSSR count). The molecule has 1 aliphatic carbocycles. The summed E-state index contributed by atoms with van der Waals surface area (Å²) in [6.07, 6.45) is 6.47. The fourth-order valence-electron chi connectivity index (χ4n) is 4.66. The average Bonchev–Trinajstić information content (AvgIpc) is 3.64. The number of carbonyl (C=O) groups excluding carboxylic acids is 1. The first kappa shape index (κ1) is 29.7. The molecule has 0 saturated carbocycles. The van der Waals surface area contributed by atoms with Crippen molar-refractivity contribution in [3.8, 4) is 11.6 Å².